The van der Waals surface area contributed by atoms with Gasteiger partial charge in [0.05, 0.1) is 6.61 Å². The minimum atomic E-state index is 0.639. The Morgan fingerprint density at radius 3 is 2.53 bits per heavy atom. The first-order valence-electron chi connectivity index (χ1n) is 6.43. The van der Waals surface area contributed by atoms with Gasteiger partial charge in [-0.1, -0.05) is 41.9 Å². The lowest BCUT2D eigenvalue weighted by Crippen LogP contribution is -2.03. The van der Waals surface area contributed by atoms with Crippen LogP contribution in [0.5, 0.6) is 0 Å². The number of nitrogens with one attached hydrogen (secondary N) is 1. The van der Waals surface area contributed by atoms with Gasteiger partial charge in [-0.3, -0.25) is 0 Å². The van der Waals surface area contributed by atoms with E-state index in [1.54, 1.807) is 0 Å². The van der Waals surface area contributed by atoms with Gasteiger partial charge in [0, 0.05) is 29.4 Å². The number of rotatable bonds is 6. The molecule has 0 heterocycles. The number of para-hydroxylation sites is 1. The van der Waals surface area contributed by atoms with Crippen LogP contribution in [-0.2, 0) is 17.9 Å². The number of ether oxygens (including phenoxy) is 1. The molecule has 0 aliphatic carbocycles. The quantitative estimate of drug-likeness (QED) is 0.839. The molecule has 0 aliphatic rings. The molecule has 100 valence electrons. The maximum atomic E-state index is 5.87. The Kier molecular flexibility index (Phi) is 5.25. The highest BCUT2D eigenvalue weighted by Crippen LogP contribution is 2.18. The maximum absolute atomic E-state index is 5.87. The summed E-state index contributed by atoms with van der Waals surface area (Å²) in [4.78, 5) is 0. The van der Waals surface area contributed by atoms with Gasteiger partial charge in [-0.25, -0.2) is 0 Å². The molecule has 0 saturated carbocycles. The van der Waals surface area contributed by atoms with E-state index in [1.807, 2.05) is 43.3 Å². The van der Waals surface area contributed by atoms with Crippen molar-refractivity contribution in [2.24, 2.45) is 0 Å². The molecule has 19 heavy (non-hydrogen) atoms. The molecule has 0 fully saturated rings. The van der Waals surface area contributed by atoms with Gasteiger partial charge < -0.3 is 10.1 Å². The Bertz CT molecular complexity index is 510. The van der Waals surface area contributed by atoms with Crippen molar-refractivity contribution in [2.75, 3.05) is 11.9 Å². The highest BCUT2D eigenvalue weighted by atomic mass is 35.5. The van der Waals surface area contributed by atoms with Gasteiger partial charge in [-0.15, -0.1) is 0 Å². The van der Waals surface area contributed by atoms with E-state index in [1.165, 1.54) is 11.1 Å². The molecule has 0 radical (unpaired) electrons. The molecule has 0 aromatic heterocycles. The second-order valence-corrected chi connectivity index (χ2v) is 4.71. The zero-order valence-electron chi connectivity index (χ0n) is 11.0. The zero-order chi connectivity index (χ0) is 13.5. The molecule has 2 nitrogen and oxygen atoms in total. The Morgan fingerprint density at radius 1 is 1.05 bits per heavy atom. The molecular weight excluding hydrogens is 258 g/mol. The van der Waals surface area contributed by atoms with Crippen molar-refractivity contribution in [1.29, 1.82) is 0 Å². The van der Waals surface area contributed by atoms with Gasteiger partial charge in [-0.2, -0.15) is 0 Å². The maximum Gasteiger partial charge on any atom is 0.0736 e. The summed E-state index contributed by atoms with van der Waals surface area (Å²) >= 11 is 5.87. The van der Waals surface area contributed by atoms with Crippen LogP contribution in [0.1, 0.15) is 18.1 Å². The third-order valence-electron chi connectivity index (χ3n) is 2.88. The van der Waals surface area contributed by atoms with Crippen molar-refractivity contribution in [3.8, 4) is 0 Å². The van der Waals surface area contributed by atoms with Gasteiger partial charge in [0.1, 0.15) is 0 Å². The molecule has 2 aromatic carbocycles. The number of anilines is 1. The summed E-state index contributed by atoms with van der Waals surface area (Å²) in [5.74, 6) is 0. The van der Waals surface area contributed by atoms with E-state index < -0.39 is 0 Å². The second kappa shape index (κ2) is 7.17. The number of halogens is 1. The van der Waals surface area contributed by atoms with Crippen molar-refractivity contribution in [3.63, 3.8) is 0 Å². The van der Waals surface area contributed by atoms with E-state index in [0.717, 1.165) is 23.9 Å². The van der Waals surface area contributed by atoms with Crippen LogP contribution in [0, 0.1) is 0 Å². The Morgan fingerprint density at radius 2 is 1.79 bits per heavy atom. The first-order chi connectivity index (χ1) is 9.29. The van der Waals surface area contributed by atoms with Crippen molar-refractivity contribution >= 4 is 17.3 Å². The first kappa shape index (κ1) is 13.9. The molecule has 0 atom stereocenters. The molecule has 0 amide bonds. The van der Waals surface area contributed by atoms with Crippen molar-refractivity contribution in [3.05, 3.63) is 64.7 Å². The molecule has 2 rings (SSSR count). The summed E-state index contributed by atoms with van der Waals surface area (Å²) in [6, 6.07) is 16.1. The van der Waals surface area contributed by atoms with Crippen molar-refractivity contribution < 1.29 is 4.74 Å². The molecular formula is C16H18ClNO. The van der Waals surface area contributed by atoms with Crippen LogP contribution in [0.2, 0.25) is 5.02 Å². The van der Waals surface area contributed by atoms with Gasteiger partial charge in [0.15, 0.2) is 0 Å². The van der Waals surface area contributed by atoms with Crippen molar-refractivity contribution in [1.82, 2.24) is 0 Å². The van der Waals surface area contributed by atoms with Crippen LogP contribution in [0.25, 0.3) is 0 Å². The molecule has 0 bridgehead atoms. The molecule has 3 heteroatoms. The minimum absolute atomic E-state index is 0.639. The van der Waals surface area contributed by atoms with E-state index in [0.29, 0.717) is 6.61 Å². The van der Waals surface area contributed by atoms with E-state index in [4.69, 9.17) is 16.3 Å². The van der Waals surface area contributed by atoms with E-state index >= 15 is 0 Å². The van der Waals surface area contributed by atoms with Crippen LogP contribution in [0.4, 0.5) is 5.69 Å². The summed E-state index contributed by atoms with van der Waals surface area (Å²) in [6.07, 6.45) is 0. The normalized spacial score (nSPS) is 10.4. The average molecular weight is 276 g/mol. The van der Waals surface area contributed by atoms with Gasteiger partial charge in [-0.05, 0) is 30.7 Å². The Hall–Kier alpha value is -1.51. The van der Waals surface area contributed by atoms with Gasteiger partial charge in [0.25, 0.3) is 0 Å². The monoisotopic (exact) mass is 275 g/mol. The molecule has 0 aliphatic heterocycles. The highest BCUT2D eigenvalue weighted by Gasteiger charge is 2.01. The summed E-state index contributed by atoms with van der Waals surface area (Å²) < 4.78 is 5.47. The third-order valence-corrected chi connectivity index (χ3v) is 3.13. The standard InChI is InChI=1S/C16H18ClNO/c1-2-19-12-14-5-3-4-6-16(14)18-11-13-7-9-15(17)10-8-13/h3-10,18H,2,11-12H2,1H3. The predicted octanol–water partition coefficient (Wildman–Crippen LogP) is 4.49. The Labute approximate surface area is 119 Å². The van der Waals surface area contributed by atoms with Crippen LogP contribution in [-0.4, -0.2) is 6.61 Å². The molecule has 0 unspecified atom stereocenters. The summed E-state index contributed by atoms with van der Waals surface area (Å²) in [6.45, 7) is 4.15. The van der Waals surface area contributed by atoms with Gasteiger partial charge >= 0.3 is 0 Å². The number of hydrogen-bond acceptors (Lipinski definition) is 2. The minimum Gasteiger partial charge on any atom is -0.381 e. The smallest absolute Gasteiger partial charge is 0.0736 e. The van der Waals surface area contributed by atoms with E-state index in [2.05, 4.69) is 17.4 Å². The topological polar surface area (TPSA) is 21.3 Å². The van der Waals surface area contributed by atoms with Crippen LogP contribution >= 0.6 is 11.6 Å². The second-order valence-electron chi connectivity index (χ2n) is 4.27. The molecule has 0 saturated heterocycles. The van der Waals surface area contributed by atoms with Gasteiger partial charge in [0.2, 0.25) is 0 Å². The lowest BCUT2D eigenvalue weighted by Gasteiger charge is -2.12. The first-order valence-corrected chi connectivity index (χ1v) is 6.81. The lowest BCUT2D eigenvalue weighted by molar-refractivity contribution is 0.134. The molecule has 2 aromatic rings. The van der Waals surface area contributed by atoms with E-state index in [9.17, 15) is 0 Å². The summed E-state index contributed by atoms with van der Waals surface area (Å²) in [5, 5.41) is 4.20. The Balaban J connectivity index is 2.00. The molecule has 0 spiro atoms. The lowest BCUT2D eigenvalue weighted by atomic mass is 10.1. The largest absolute Gasteiger partial charge is 0.381 e. The highest BCUT2D eigenvalue weighted by molar-refractivity contribution is 6.30. The van der Waals surface area contributed by atoms with E-state index in [-0.39, 0.29) is 0 Å². The van der Waals surface area contributed by atoms with Crippen LogP contribution < -0.4 is 5.32 Å². The fraction of sp³-hybridized carbons (Fsp3) is 0.250. The van der Waals surface area contributed by atoms with Crippen LogP contribution in [0.15, 0.2) is 48.5 Å². The SMILES string of the molecule is CCOCc1ccccc1NCc1ccc(Cl)cc1. The molecule has 1 N–H and O–H groups in total. The number of benzene rings is 2. The third kappa shape index (κ3) is 4.27. The van der Waals surface area contributed by atoms with Crippen molar-refractivity contribution in [2.45, 2.75) is 20.1 Å². The summed E-state index contributed by atoms with van der Waals surface area (Å²) in [7, 11) is 0. The van der Waals surface area contributed by atoms with Crippen LogP contribution in [0.3, 0.4) is 0 Å². The average Bonchev–Trinajstić information content (AvgIpc) is 2.45. The fourth-order valence-corrected chi connectivity index (χ4v) is 1.96. The predicted molar refractivity (Wildman–Crippen MR) is 80.6 cm³/mol. The fourth-order valence-electron chi connectivity index (χ4n) is 1.83. The summed E-state index contributed by atoms with van der Waals surface area (Å²) in [5.41, 5.74) is 3.50. The number of hydrogen-bond donors (Lipinski definition) is 1. The zero-order valence-corrected chi connectivity index (χ0v) is 11.8.